The van der Waals surface area contributed by atoms with Crippen molar-refractivity contribution in [2.75, 3.05) is 0 Å². The van der Waals surface area contributed by atoms with E-state index < -0.39 is 0 Å². The standard InChI is InChI=1S/C10H17N3/c1-3-4-5-9-8-10(2,6-7-11)13-12-9/h13H,3-6,8H2,1-2H3. The molecule has 0 radical (unpaired) electrons. The highest BCUT2D eigenvalue weighted by atomic mass is 15.4. The van der Waals surface area contributed by atoms with Crippen LogP contribution in [0.25, 0.3) is 0 Å². The third-order valence-corrected chi connectivity index (χ3v) is 2.37. The van der Waals surface area contributed by atoms with Gasteiger partial charge < -0.3 is 5.43 Å². The van der Waals surface area contributed by atoms with Crippen LogP contribution in [-0.2, 0) is 0 Å². The molecule has 13 heavy (non-hydrogen) atoms. The van der Waals surface area contributed by atoms with Gasteiger partial charge in [-0.25, -0.2) is 0 Å². The summed E-state index contributed by atoms with van der Waals surface area (Å²) in [6.45, 7) is 4.23. The second kappa shape index (κ2) is 4.27. The largest absolute Gasteiger partial charge is 0.303 e. The number of nitrogens with zero attached hydrogens (tertiary/aromatic N) is 2. The van der Waals surface area contributed by atoms with Crippen molar-refractivity contribution in [1.82, 2.24) is 5.43 Å². The molecule has 3 heteroatoms. The predicted molar refractivity (Wildman–Crippen MR) is 53.3 cm³/mol. The van der Waals surface area contributed by atoms with Gasteiger partial charge in [-0.2, -0.15) is 10.4 Å². The third kappa shape index (κ3) is 2.73. The van der Waals surface area contributed by atoms with Crippen molar-refractivity contribution in [3.8, 4) is 6.07 Å². The zero-order valence-corrected chi connectivity index (χ0v) is 8.43. The van der Waals surface area contributed by atoms with Gasteiger partial charge in [0.1, 0.15) is 0 Å². The summed E-state index contributed by atoms with van der Waals surface area (Å²) in [5.41, 5.74) is 4.18. The maximum absolute atomic E-state index is 8.61. The molecule has 1 aliphatic rings. The number of rotatable bonds is 4. The van der Waals surface area contributed by atoms with Gasteiger partial charge in [-0.15, -0.1) is 0 Å². The Kier molecular flexibility index (Phi) is 3.30. The second-order valence-corrected chi connectivity index (χ2v) is 3.97. The van der Waals surface area contributed by atoms with Gasteiger partial charge in [-0.3, -0.25) is 0 Å². The number of hydrogen-bond donors (Lipinski definition) is 1. The quantitative estimate of drug-likeness (QED) is 0.719. The molecule has 0 aromatic heterocycles. The topological polar surface area (TPSA) is 48.2 Å². The second-order valence-electron chi connectivity index (χ2n) is 3.97. The number of unbranched alkanes of at least 4 members (excludes halogenated alkanes) is 1. The minimum absolute atomic E-state index is 0.0994. The minimum atomic E-state index is -0.0994. The Morgan fingerprint density at radius 2 is 2.46 bits per heavy atom. The van der Waals surface area contributed by atoms with Crippen LogP contribution in [-0.4, -0.2) is 11.3 Å². The molecule has 0 spiro atoms. The van der Waals surface area contributed by atoms with Crippen LogP contribution in [0.15, 0.2) is 5.10 Å². The Morgan fingerprint density at radius 3 is 3.08 bits per heavy atom. The van der Waals surface area contributed by atoms with E-state index in [1.807, 2.05) is 0 Å². The Bertz CT molecular complexity index is 239. The number of hydrogen-bond acceptors (Lipinski definition) is 3. The first-order valence-corrected chi connectivity index (χ1v) is 4.90. The molecule has 0 saturated heterocycles. The van der Waals surface area contributed by atoms with Gasteiger partial charge in [-0.1, -0.05) is 13.3 Å². The SMILES string of the molecule is CCCCC1=NNC(C)(CC#N)C1. The molecule has 3 nitrogen and oxygen atoms in total. The van der Waals surface area contributed by atoms with Crippen LogP contribution in [0, 0.1) is 11.3 Å². The molecule has 1 unspecified atom stereocenters. The van der Waals surface area contributed by atoms with Crippen molar-refractivity contribution >= 4 is 5.71 Å². The molecule has 0 bridgehead atoms. The molecule has 0 fully saturated rings. The van der Waals surface area contributed by atoms with Gasteiger partial charge in [0.15, 0.2) is 0 Å². The predicted octanol–water partition coefficient (Wildman–Crippen LogP) is 2.20. The van der Waals surface area contributed by atoms with E-state index in [0.717, 1.165) is 12.8 Å². The van der Waals surface area contributed by atoms with E-state index in [4.69, 9.17) is 5.26 Å². The van der Waals surface area contributed by atoms with Gasteiger partial charge in [0.2, 0.25) is 0 Å². The van der Waals surface area contributed by atoms with Crippen molar-refractivity contribution in [3.05, 3.63) is 0 Å². The molecule has 0 amide bonds. The summed E-state index contributed by atoms with van der Waals surface area (Å²) in [5.74, 6) is 0. The van der Waals surface area contributed by atoms with E-state index in [2.05, 4.69) is 30.4 Å². The highest BCUT2D eigenvalue weighted by Crippen LogP contribution is 2.22. The van der Waals surface area contributed by atoms with Crippen molar-refractivity contribution in [2.45, 2.75) is 51.5 Å². The van der Waals surface area contributed by atoms with Crippen molar-refractivity contribution < 1.29 is 0 Å². The summed E-state index contributed by atoms with van der Waals surface area (Å²) < 4.78 is 0. The summed E-state index contributed by atoms with van der Waals surface area (Å²) in [5, 5.41) is 12.9. The van der Waals surface area contributed by atoms with Crippen molar-refractivity contribution in [1.29, 1.82) is 5.26 Å². The summed E-state index contributed by atoms with van der Waals surface area (Å²) >= 11 is 0. The van der Waals surface area contributed by atoms with Gasteiger partial charge in [0, 0.05) is 12.1 Å². The Hall–Kier alpha value is -1.04. The molecule has 1 atom stereocenters. The van der Waals surface area contributed by atoms with Crippen molar-refractivity contribution in [2.24, 2.45) is 5.10 Å². The lowest BCUT2D eigenvalue weighted by Crippen LogP contribution is -2.34. The normalized spacial score (nSPS) is 26.4. The van der Waals surface area contributed by atoms with E-state index >= 15 is 0 Å². The molecule has 1 N–H and O–H groups in total. The molecule has 72 valence electrons. The molecular formula is C10H17N3. The summed E-state index contributed by atoms with van der Waals surface area (Å²) in [7, 11) is 0. The van der Waals surface area contributed by atoms with E-state index in [1.165, 1.54) is 18.6 Å². The van der Waals surface area contributed by atoms with Gasteiger partial charge in [0.05, 0.1) is 18.0 Å². The molecule has 0 aromatic rings. The lowest BCUT2D eigenvalue weighted by Gasteiger charge is -2.19. The van der Waals surface area contributed by atoms with E-state index in [0.29, 0.717) is 6.42 Å². The smallest absolute Gasteiger partial charge is 0.0702 e. The van der Waals surface area contributed by atoms with Crippen LogP contribution < -0.4 is 5.43 Å². The van der Waals surface area contributed by atoms with Gasteiger partial charge in [-0.05, 0) is 19.8 Å². The average Bonchev–Trinajstić information content (AvgIpc) is 2.45. The fourth-order valence-electron chi connectivity index (χ4n) is 1.55. The summed E-state index contributed by atoms with van der Waals surface area (Å²) in [6.07, 6.45) is 4.94. The van der Waals surface area contributed by atoms with Gasteiger partial charge in [0.25, 0.3) is 0 Å². The minimum Gasteiger partial charge on any atom is -0.303 e. The first-order valence-electron chi connectivity index (χ1n) is 4.90. The van der Waals surface area contributed by atoms with Crippen LogP contribution in [0.2, 0.25) is 0 Å². The van der Waals surface area contributed by atoms with Crippen LogP contribution in [0.3, 0.4) is 0 Å². The highest BCUT2D eigenvalue weighted by Gasteiger charge is 2.30. The lowest BCUT2D eigenvalue weighted by molar-refractivity contribution is 0.412. The molecule has 0 saturated carbocycles. The summed E-state index contributed by atoms with van der Waals surface area (Å²) in [4.78, 5) is 0. The molecule has 1 heterocycles. The molecule has 0 aliphatic carbocycles. The molecule has 1 aliphatic heterocycles. The first kappa shape index (κ1) is 10.0. The maximum atomic E-state index is 8.61. The Labute approximate surface area is 79.8 Å². The van der Waals surface area contributed by atoms with Crippen LogP contribution in [0.4, 0.5) is 0 Å². The number of nitrogens with one attached hydrogen (secondary N) is 1. The molecular weight excluding hydrogens is 162 g/mol. The maximum Gasteiger partial charge on any atom is 0.0702 e. The molecule has 0 aromatic carbocycles. The average molecular weight is 179 g/mol. The monoisotopic (exact) mass is 179 g/mol. The third-order valence-electron chi connectivity index (χ3n) is 2.37. The van der Waals surface area contributed by atoms with Crippen LogP contribution in [0.1, 0.15) is 46.0 Å². The number of nitriles is 1. The van der Waals surface area contributed by atoms with E-state index in [9.17, 15) is 0 Å². The Balaban J connectivity index is 2.37. The fourth-order valence-corrected chi connectivity index (χ4v) is 1.55. The van der Waals surface area contributed by atoms with E-state index in [1.54, 1.807) is 0 Å². The van der Waals surface area contributed by atoms with Crippen LogP contribution in [0.5, 0.6) is 0 Å². The molecule has 1 rings (SSSR count). The highest BCUT2D eigenvalue weighted by molar-refractivity contribution is 5.86. The lowest BCUT2D eigenvalue weighted by atomic mass is 9.92. The first-order chi connectivity index (χ1) is 6.20. The Morgan fingerprint density at radius 1 is 1.69 bits per heavy atom. The van der Waals surface area contributed by atoms with Gasteiger partial charge >= 0.3 is 0 Å². The van der Waals surface area contributed by atoms with Crippen LogP contribution >= 0.6 is 0 Å². The van der Waals surface area contributed by atoms with E-state index in [-0.39, 0.29) is 5.54 Å². The zero-order chi connectivity index (χ0) is 9.73. The summed E-state index contributed by atoms with van der Waals surface area (Å²) in [6, 6.07) is 2.19. The zero-order valence-electron chi connectivity index (χ0n) is 8.43. The van der Waals surface area contributed by atoms with Crippen molar-refractivity contribution in [3.63, 3.8) is 0 Å². The fraction of sp³-hybridized carbons (Fsp3) is 0.800. The number of hydrazone groups is 1.